The van der Waals surface area contributed by atoms with Crippen LogP contribution in [0, 0.1) is 12.7 Å². The lowest BCUT2D eigenvalue weighted by atomic mass is 10.1. The van der Waals surface area contributed by atoms with Crippen LogP contribution in [-0.2, 0) is 13.2 Å². The highest BCUT2D eigenvalue weighted by molar-refractivity contribution is 5.37. The van der Waals surface area contributed by atoms with Crippen LogP contribution in [0.15, 0.2) is 36.4 Å². The average Bonchev–Trinajstić information content (AvgIpc) is 2.47. The van der Waals surface area contributed by atoms with Gasteiger partial charge in [0.15, 0.2) is 11.6 Å². The average molecular weight is 289 g/mol. The number of nitrogens with one attached hydrogen (secondary N) is 1. The van der Waals surface area contributed by atoms with E-state index in [4.69, 9.17) is 9.47 Å². The van der Waals surface area contributed by atoms with Gasteiger partial charge < -0.3 is 14.8 Å². The van der Waals surface area contributed by atoms with E-state index < -0.39 is 0 Å². The van der Waals surface area contributed by atoms with E-state index in [-0.39, 0.29) is 18.2 Å². The first kappa shape index (κ1) is 15.3. The van der Waals surface area contributed by atoms with Crippen molar-refractivity contribution in [3.63, 3.8) is 0 Å². The fourth-order valence-corrected chi connectivity index (χ4v) is 2.15. The SMILES string of the molecule is CNCc1ccc(OCc2cc(C)ccc2OC)c(F)c1. The van der Waals surface area contributed by atoms with Crippen molar-refractivity contribution in [2.45, 2.75) is 20.1 Å². The van der Waals surface area contributed by atoms with Gasteiger partial charge >= 0.3 is 0 Å². The van der Waals surface area contributed by atoms with Gasteiger partial charge in [-0.15, -0.1) is 0 Å². The van der Waals surface area contributed by atoms with E-state index in [1.54, 1.807) is 13.2 Å². The van der Waals surface area contributed by atoms with E-state index >= 15 is 0 Å². The van der Waals surface area contributed by atoms with Crippen LogP contribution in [0.2, 0.25) is 0 Å². The summed E-state index contributed by atoms with van der Waals surface area (Å²) >= 11 is 0. The summed E-state index contributed by atoms with van der Waals surface area (Å²) in [4.78, 5) is 0. The summed E-state index contributed by atoms with van der Waals surface area (Å²) < 4.78 is 24.8. The van der Waals surface area contributed by atoms with E-state index in [1.807, 2.05) is 38.2 Å². The zero-order chi connectivity index (χ0) is 15.2. The number of ether oxygens (including phenoxy) is 2. The lowest BCUT2D eigenvalue weighted by Gasteiger charge is -2.12. The van der Waals surface area contributed by atoms with Crippen molar-refractivity contribution in [1.29, 1.82) is 0 Å². The standard InChI is InChI=1S/C17H20FNO2/c1-12-4-6-16(20-3)14(8-12)11-21-17-7-5-13(10-19-2)9-15(17)18/h4-9,19H,10-11H2,1-3H3. The van der Waals surface area contributed by atoms with Gasteiger partial charge in [0.2, 0.25) is 0 Å². The minimum Gasteiger partial charge on any atom is -0.496 e. The van der Waals surface area contributed by atoms with E-state index in [2.05, 4.69) is 5.32 Å². The van der Waals surface area contributed by atoms with E-state index in [1.165, 1.54) is 6.07 Å². The molecule has 0 atom stereocenters. The molecule has 0 heterocycles. The number of benzene rings is 2. The summed E-state index contributed by atoms with van der Waals surface area (Å²) in [6.45, 7) is 2.89. The number of halogens is 1. The third-order valence-corrected chi connectivity index (χ3v) is 3.20. The van der Waals surface area contributed by atoms with Crippen molar-refractivity contribution in [1.82, 2.24) is 5.32 Å². The van der Waals surface area contributed by atoms with Gasteiger partial charge in [-0.25, -0.2) is 4.39 Å². The molecule has 0 aromatic heterocycles. The zero-order valence-electron chi connectivity index (χ0n) is 12.6. The highest BCUT2D eigenvalue weighted by atomic mass is 19.1. The van der Waals surface area contributed by atoms with Gasteiger partial charge in [-0.3, -0.25) is 0 Å². The maximum atomic E-state index is 14.0. The van der Waals surface area contributed by atoms with Crippen LogP contribution in [0.3, 0.4) is 0 Å². The van der Waals surface area contributed by atoms with Gasteiger partial charge in [0, 0.05) is 12.1 Å². The maximum absolute atomic E-state index is 14.0. The molecule has 2 aromatic rings. The molecule has 0 radical (unpaired) electrons. The maximum Gasteiger partial charge on any atom is 0.165 e. The molecule has 0 saturated carbocycles. The van der Waals surface area contributed by atoms with Crippen LogP contribution in [0.4, 0.5) is 4.39 Å². The van der Waals surface area contributed by atoms with Gasteiger partial charge in [0.25, 0.3) is 0 Å². The number of methoxy groups -OCH3 is 1. The predicted octanol–water partition coefficient (Wildman–Crippen LogP) is 3.44. The molecule has 0 spiro atoms. The summed E-state index contributed by atoms with van der Waals surface area (Å²) in [6, 6.07) is 10.8. The Labute approximate surface area is 124 Å². The van der Waals surface area contributed by atoms with Gasteiger partial charge in [-0.05, 0) is 43.8 Å². The van der Waals surface area contributed by atoms with Crippen molar-refractivity contribution in [3.05, 3.63) is 58.9 Å². The molecule has 4 heteroatoms. The largest absolute Gasteiger partial charge is 0.496 e. The molecule has 1 N–H and O–H groups in total. The monoisotopic (exact) mass is 289 g/mol. The number of hydrogen-bond donors (Lipinski definition) is 1. The minimum atomic E-state index is -0.352. The molecule has 0 unspecified atom stereocenters. The third kappa shape index (κ3) is 3.95. The summed E-state index contributed by atoms with van der Waals surface area (Å²) in [5.74, 6) is 0.639. The Bertz CT molecular complexity index is 614. The number of aryl methyl sites for hydroxylation is 1. The molecule has 2 aromatic carbocycles. The first-order valence-electron chi connectivity index (χ1n) is 6.83. The predicted molar refractivity (Wildman–Crippen MR) is 81.2 cm³/mol. The topological polar surface area (TPSA) is 30.5 Å². The fourth-order valence-electron chi connectivity index (χ4n) is 2.15. The van der Waals surface area contributed by atoms with Gasteiger partial charge in [0.1, 0.15) is 12.4 Å². The Morgan fingerprint density at radius 3 is 2.52 bits per heavy atom. The molecule has 0 aliphatic carbocycles. The number of rotatable bonds is 6. The highest BCUT2D eigenvalue weighted by Crippen LogP contribution is 2.24. The van der Waals surface area contributed by atoms with Crippen LogP contribution in [-0.4, -0.2) is 14.2 Å². The van der Waals surface area contributed by atoms with Crippen LogP contribution in [0.25, 0.3) is 0 Å². The molecule has 0 saturated heterocycles. The molecule has 0 aliphatic heterocycles. The summed E-state index contributed by atoms with van der Waals surface area (Å²) in [7, 11) is 3.44. The summed E-state index contributed by atoms with van der Waals surface area (Å²) in [6.07, 6.45) is 0. The molecular weight excluding hydrogens is 269 g/mol. The lowest BCUT2D eigenvalue weighted by molar-refractivity contribution is 0.282. The summed E-state index contributed by atoms with van der Waals surface area (Å²) in [5.41, 5.74) is 2.89. The third-order valence-electron chi connectivity index (χ3n) is 3.20. The molecule has 21 heavy (non-hydrogen) atoms. The van der Waals surface area contributed by atoms with Crippen LogP contribution >= 0.6 is 0 Å². The van der Waals surface area contributed by atoms with Crippen molar-refractivity contribution in [2.24, 2.45) is 0 Å². The second-order valence-electron chi connectivity index (χ2n) is 4.90. The summed E-state index contributed by atoms with van der Waals surface area (Å²) in [5, 5.41) is 2.99. The fraction of sp³-hybridized carbons (Fsp3) is 0.294. The molecule has 0 amide bonds. The van der Waals surface area contributed by atoms with Crippen molar-refractivity contribution in [2.75, 3.05) is 14.2 Å². The van der Waals surface area contributed by atoms with Crippen LogP contribution < -0.4 is 14.8 Å². The lowest BCUT2D eigenvalue weighted by Crippen LogP contribution is -2.06. The van der Waals surface area contributed by atoms with Crippen molar-refractivity contribution >= 4 is 0 Å². The zero-order valence-corrected chi connectivity index (χ0v) is 12.6. The second-order valence-corrected chi connectivity index (χ2v) is 4.90. The normalized spacial score (nSPS) is 10.5. The molecule has 3 nitrogen and oxygen atoms in total. The molecule has 0 bridgehead atoms. The van der Waals surface area contributed by atoms with Crippen molar-refractivity contribution in [3.8, 4) is 11.5 Å². The molecule has 0 aliphatic rings. The first-order valence-corrected chi connectivity index (χ1v) is 6.83. The number of hydrogen-bond acceptors (Lipinski definition) is 3. The van der Waals surface area contributed by atoms with Crippen LogP contribution in [0.1, 0.15) is 16.7 Å². The molecule has 112 valence electrons. The Hall–Kier alpha value is -2.07. The van der Waals surface area contributed by atoms with Gasteiger partial charge in [0.05, 0.1) is 7.11 Å². The smallest absolute Gasteiger partial charge is 0.165 e. The second kappa shape index (κ2) is 7.09. The Kier molecular flexibility index (Phi) is 5.17. The van der Waals surface area contributed by atoms with Gasteiger partial charge in [-0.2, -0.15) is 0 Å². The minimum absolute atomic E-state index is 0.249. The van der Waals surface area contributed by atoms with Crippen molar-refractivity contribution < 1.29 is 13.9 Å². The molecular formula is C17H20FNO2. The quantitative estimate of drug-likeness (QED) is 0.883. The van der Waals surface area contributed by atoms with E-state index in [0.717, 1.165) is 22.4 Å². The first-order chi connectivity index (χ1) is 10.1. The van der Waals surface area contributed by atoms with Gasteiger partial charge in [-0.1, -0.05) is 17.7 Å². The Morgan fingerprint density at radius 1 is 1.10 bits per heavy atom. The van der Waals surface area contributed by atoms with Crippen LogP contribution in [0.5, 0.6) is 11.5 Å². The highest BCUT2D eigenvalue weighted by Gasteiger charge is 2.08. The molecule has 0 fully saturated rings. The Balaban J connectivity index is 2.11. The Morgan fingerprint density at radius 2 is 1.86 bits per heavy atom. The van der Waals surface area contributed by atoms with E-state index in [0.29, 0.717) is 6.54 Å². The van der Waals surface area contributed by atoms with E-state index in [9.17, 15) is 4.39 Å². The molecule has 2 rings (SSSR count).